The quantitative estimate of drug-likeness (QED) is 0.0555. The molecule has 11 heteroatoms. The van der Waals surface area contributed by atoms with Gasteiger partial charge in [0.25, 0.3) is 0 Å². The number of hydrogen-bond donors (Lipinski definition) is 0. The Morgan fingerprint density at radius 2 is 1.24 bits per heavy atom. The van der Waals surface area contributed by atoms with E-state index in [1.165, 1.54) is 0 Å². The fourth-order valence-electron chi connectivity index (χ4n) is 7.72. The third-order valence-corrected chi connectivity index (χ3v) is 11.6. The largest absolute Gasteiger partial charge is 1.00 e. The van der Waals surface area contributed by atoms with Crippen LogP contribution in [0, 0.1) is 0 Å². The van der Waals surface area contributed by atoms with Crippen LogP contribution in [0.5, 0.6) is 0 Å². The Hall–Kier alpha value is -3.35. The van der Waals surface area contributed by atoms with E-state index in [0.29, 0.717) is 22.8 Å². The summed E-state index contributed by atoms with van der Waals surface area (Å²) in [5.41, 5.74) is 1.88. The number of anilines is 1. The van der Waals surface area contributed by atoms with Gasteiger partial charge < -0.3 is 14.0 Å². The average molecular weight is 782 g/mol. The standard InChI is InChI=1S/C43H48N2O6S2.Na/c1-42(2)38(44(28-14-16-30-52(46,47)48)36-26-24-32-18-10-12-20-34(32)40(36)42)22-8-6-5-7-9-23-39-43(3,4)41-35-21-13-11-19-33(35)25-27-37(41)45(39)29-15-17-31-53(49,50)51;/h5-13,18-27H,14-17,28-31H2,1-4H3,(H-,46,47,48,49,50,51);/q;+1/p-1/i5D,6D,7D,8D,9D,22D,23D;. The maximum Gasteiger partial charge on any atom is 1.00 e. The van der Waals surface area contributed by atoms with Gasteiger partial charge in [0.1, 0.15) is 6.54 Å². The summed E-state index contributed by atoms with van der Waals surface area (Å²) in [6.45, 7) is 7.87. The van der Waals surface area contributed by atoms with Gasteiger partial charge in [-0.05, 0) is 78.4 Å². The molecule has 0 atom stereocenters. The van der Waals surface area contributed by atoms with Crippen LogP contribution in [0.25, 0.3) is 21.5 Å². The first kappa shape index (κ1) is 32.9. The summed E-state index contributed by atoms with van der Waals surface area (Å²) >= 11 is 0. The molecule has 2 aliphatic heterocycles. The smallest absolute Gasteiger partial charge is 0.748 e. The summed E-state index contributed by atoms with van der Waals surface area (Å²) in [6.07, 6.45) is 0.640. The Balaban J connectivity index is 0.00000704. The van der Waals surface area contributed by atoms with Gasteiger partial charge in [0.15, 0.2) is 5.71 Å². The third-order valence-electron chi connectivity index (χ3n) is 10.0. The van der Waals surface area contributed by atoms with Crippen LogP contribution >= 0.6 is 0 Å². The maximum atomic E-state index is 11.4. The summed E-state index contributed by atoms with van der Waals surface area (Å²) in [4.78, 5) is 1.79. The van der Waals surface area contributed by atoms with E-state index in [-0.39, 0.29) is 68.3 Å². The summed E-state index contributed by atoms with van der Waals surface area (Å²) < 4.78 is 134. The van der Waals surface area contributed by atoms with E-state index in [2.05, 4.69) is 0 Å². The van der Waals surface area contributed by atoms with Crippen LogP contribution in [0.4, 0.5) is 11.4 Å². The van der Waals surface area contributed by atoms with E-state index in [0.717, 1.165) is 32.7 Å². The molecule has 0 bridgehead atoms. The number of allylic oxidation sites excluding steroid dienone is 8. The summed E-state index contributed by atoms with van der Waals surface area (Å²) in [5.74, 6) is -1.13. The van der Waals surface area contributed by atoms with Crippen LogP contribution in [0.2, 0.25) is 0 Å². The molecule has 8 nitrogen and oxygen atoms in total. The summed E-state index contributed by atoms with van der Waals surface area (Å²) in [6, 6.07) is 18.2. The molecule has 0 amide bonds. The monoisotopic (exact) mass is 781 g/mol. The number of fused-ring (bicyclic) bond motifs is 6. The van der Waals surface area contributed by atoms with E-state index < -0.39 is 84.9 Å². The van der Waals surface area contributed by atoms with Crippen LogP contribution in [0.15, 0.2) is 121 Å². The van der Waals surface area contributed by atoms with Crippen LogP contribution in [-0.2, 0) is 31.1 Å². The van der Waals surface area contributed by atoms with Crippen molar-refractivity contribution in [3.05, 3.63) is 132 Å². The second-order valence-electron chi connectivity index (χ2n) is 14.4. The van der Waals surface area contributed by atoms with Crippen LogP contribution < -0.4 is 34.5 Å². The van der Waals surface area contributed by atoms with E-state index >= 15 is 0 Å². The molecule has 4 aromatic rings. The van der Waals surface area contributed by atoms with Gasteiger partial charge in [-0.2, -0.15) is 4.58 Å². The van der Waals surface area contributed by atoms with Gasteiger partial charge in [-0.3, -0.25) is 0 Å². The molecular formula is C43H47N2NaO6S2. The second kappa shape index (κ2) is 16.8. The van der Waals surface area contributed by atoms with Crippen molar-refractivity contribution < 1.29 is 69.7 Å². The van der Waals surface area contributed by atoms with Gasteiger partial charge in [-0.1, -0.05) is 98.7 Å². The third kappa shape index (κ3) is 9.02. The van der Waals surface area contributed by atoms with Crippen molar-refractivity contribution in [2.45, 2.75) is 64.2 Å². The van der Waals surface area contributed by atoms with Gasteiger partial charge in [-0.25, -0.2) is 16.8 Å². The molecule has 0 unspecified atom stereocenters. The molecular weight excluding hydrogens is 728 g/mol. The molecule has 0 N–H and O–H groups in total. The zero-order valence-electron chi connectivity index (χ0n) is 38.2. The molecule has 0 radical (unpaired) electrons. The van der Waals surface area contributed by atoms with Crippen LogP contribution in [0.3, 0.4) is 0 Å². The van der Waals surface area contributed by atoms with Crippen LogP contribution in [0.1, 0.15) is 74.1 Å². The molecule has 0 aromatic heterocycles. The molecule has 0 spiro atoms. The van der Waals surface area contributed by atoms with E-state index in [1.807, 2.05) is 100 Å². The van der Waals surface area contributed by atoms with Gasteiger partial charge >= 0.3 is 29.6 Å². The molecule has 54 heavy (non-hydrogen) atoms. The molecule has 0 fully saturated rings. The van der Waals surface area contributed by atoms with Crippen molar-refractivity contribution in [3.8, 4) is 0 Å². The van der Waals surface area contributed by atoms with Gasteiger partial charge in [-0.15, -0.1) is 0 Å². The normalized spacial score (nSPS) is 20.6. The molecule has 2 heterocycles. The second-order valence-corrected chi connectivity index (χ2v) is 17.5. The number of rotatable bonds is 14. The first-order chi connectivity index (χ1) is 28.0. The average Bonchev–Trinajstić information content (AvgIpc) is 3.57. The Bertz CT molecular complexity index is 2820. The molecule has 6 rings (SSSR count). The van der Waals surface area contributed by atoms with Crippen molar-refractivity contribution in [3.63, 3.8) is 0 Å². The first-order valence-corrected chi connectivity index (χ1v) is 20.7. The maximum absolute atomic E-state index is 11.4. The van der Waals surface area contributed by atoms with Gasteiger partial charge in [0.05, 0.1) is 35.2 Å². The number of nitrogens with zero attached hydrogens (tertiary/aromatic N) is 2. The Kier molecular flexibility index (Phi) is 10.2. The van der Waals surface area contributed by atoms with Crippen molar-refractivity contribution in [1.29, 1.82) is 0 Å². The zero-order valence-corrected chi connectivity index (χ0v) is 34.9. The van der Waals surface area contributed by atoms with Crippen LogP contribution in [-0.4, -0.2) is 60.8 Å². The molecule has 0 saturated carbocycles. The Morgan fingerprint density at radius 1 is 0.685 bits per heavy atom. The molecule has 0 aliphatic carbocycles. The Labute approximate surface area is 352 Å². The summed E-state index contributed by atoms with van der Waals surface area (Å²) in [5, 5.41) is 3.65. The molecule has 2 aliphatic rings. The Morgan fingerprint density at radius 3 is 1.89 bits per heavy atom. The predicted molar refractivity (Wildman–Crippen MR) is 214 cm³/mol. The number of unbranched alkanes of at least 4 members (excludes halogenated alkanes) is 2. The predicted octanol–water partition coefficient (Wildman–Crippen LogP) is 5.37. The van der Waals surface area contributed by atoms with Crippen molar-refractivity contribution >= 4 is 58.9 Å². The van der Waals surface area contributed by atoms with Crippen molar-refractivity contribution in [2.75, 3.05) is 29.5 Å². The van der Waals surface area contributed by atoms with Gasteiger partial charge in [0.2, 0.25) is 5.69 Å². The molecule has 4 aromatic carbocycles. The SMILES string of the molecule is [2H]\C(C1=[N+](CCCCS(=O)(=O)[O-])c2ccc3ccccc3c2C1(C)C)=C([2H])/C([2H])=C([2H])/C([2H])=C([2H])/C([2H])=C1/N(CCCCS(=O)(=O)[O-])c2ccc3ccccc3c2C1(C)C.[Na+]. The summed E-state index contributed by atoms with van der Waals surface area (Å²) in [7, 11) is -8.91. The minimum atomic E-state index is -4.46. The topological polar surface area (TPSA) is 121 Å². The minimum Gasteiger partial charge on any atom is -0.748 e. The number of hydrogen-bond acceptors (Lipinski definition) is 7. The minimum absolute atomic E-state index is 0. The fourth-order valence-corrected chi connectivity index (χ4v) is 8.84. The molecule has 0 saturated heterocycles. The van der Waals surface area contributed by atoms with E-state index in [1.54, 1.807) is 9.48 Å². The van der Waals surface area contributed by atoms with E-state index in [4.69, 9.17) is 6.85 Å². The first-order valence-electron chi connectivity index (χ1n) is 21.1. The zero-order chi connectivity index (χ0) is 44.1. The van der Waals surface area contributed by atoms with Gasteiger partial charge in [0, 0.05) is 59.0 Å². The number of benzene rings is 4. The molecule has 278 valence electrons. The van der Waals surface area contributed by atoms with Crippen molar-refractivity contribution in [1.82, 2.24) is 0 Å². The van der Waals surface area contributed by atoms with Crippen molar-refractivity contribution in [2.24, 2.45) is 0 Å². The van der Waals surface area contributed by atoms with E-state index in [9.17, 15) is 28.7 Å². The fraction of sp³-hybridized carbons (Fsp3) is 0.326.